The number of carbonyl (C=O) groups is 1. The number of thiazole rings is 1. The van der Waals surface area contributed by atoms with Gasteiger partial charge in [0, 0.05) is 6.54 Å². The van der Waals surface area contributed by atoms with Crippen molar-refractivity contribution in [2.45, 2.75) is 25.0 Å². The molecule has 0 aliphatic carbocycles. The Labute approximate surface area is 175 Å². The Bertz CT molecular complexity index is 1200. The summed E-state index contributed by atoms with van der Waals surface area (Å²) < 4.78 is 2.60. The lowest BCUT2D eigenvalue weighted by Gasteiger charge is -2.05. The van der Waals surface area contributed by atoms with E-state index in [1.165, 1.54) is 23.1 Å². The van der Waals surface area contributed by atoms with Crippen LogP contribution in [0.1, 0.15) is 11.1 Å². The zero-order valence-corrected chi connectivity index (χ0v) is 17.3. The van der Waals surface area contributed by atoms with Crippen molar-refractivity contribution >= 4 is 44.4 Å². The first kappa shape index (κ1) is 19.4. The summed E-state index contributed by atoms with van der Waals surface area (Å²) in [5.41, 5.74) is 2.89. The van der Waals surface area contributed by atoms with Crippen molar-refractivity contribution in [3.8, 4) is 0 Å². The minimum atomic E-state index is -0.273. The number of thioether (sulfide) groups is 1. The molecule has 1 amide bonds. The van der Waals surface area contributed by atoms with E-state index in [0.717, 1.165) is 21.3 Å². The number of hydrogen-bond acceptors (Lipinski definition) is 6. The molecule has 9 heteroatoms. The normalized spacial score (nSPS) is 11.1. The molecule has 4 rings (SSSR count). The summed E-state index contributed by atoms with van der Waals surface area (Å²) in [4.78, 5) is 28.8. The Kier molecular flexibility index (Phi) is 5.77. The van der Waals surface area contributed by atoms with E-state index in [4.69, 9.17) is 0 Å². The van der Waals surface area contributed by atoms with Crippen LogP contribution in [-0.4, -0.2) is 31.4 Å². The fourth-order valence-electron chi connectivity index (χ4n) is 2.87. The monoisotopic (exact) mass is 425 g/mol. The number of nitrogens with zero attached hydrogens (tertiary/aromatic N) is 3. The van der Waals surface area contributed by atoms with Gasteiger partial charge in [-0.2, -0.15) is 0 Å². The Balaban J connectivity index is 1.37. The van der Waals surface area contributed by atoms with Crippen LogP contribution in [0.3, 0.4) is 0 Å². The van der Waals surface area contributed by atoms with E-state index >= 15 is 0 Å². The molecule has 2 heterocycles. The first-order valence-electron chi connectivity index (χ1n) is 9.07. The third-order valence-electron chi connectivity index (χ3n) is 4.31. The van der Waals surface area contributed by atoms with E-state index in [-0.39, 0.29) is 17.3 Å². The molecule has 2 aromatic carbocycles. The average Bonchev–Trinajstić information content (AvgIpc) is 3.27. The summed E-state index contributed by atoms with van der Waals surface area (Å²) >= 11 is 2.67. The van der Waals surface area contributed by atoms with Crippen molar-refractivity contribution in [1.29, 1.82) is 0 Å². The molecule has 0 aliphatic rings. The van der Waals surface area contributed by atoms with Crippen molar-refractivity contribution < 1.29 is 4.79 Å². The number of aromatic nitrogens is 4. The topological polar surface area (TPSA) is 92.7 Å². The van der Waals surface area contributed by atoms with Gasteiger partial charge in [0.2, 0.25) is 5.91 Å². The maximum atomic E-state index is 12.3. The number of anilines is 1. The van der Waals surface area contributed by atoms with Crippen LogP contribution >= 0.6 is 23.1 Å². The zero-order valence-electron chi connectivity index (χ0n) is 15.7. The lowest BCUT2D eigenvalue weighted by Crippen LogP contribution is -2.20. The van der Waals surface area contributed by atoms with Crippen LogP contribution in [0, 0.1) is 6.92 Å². The van der Waals surface area contributed by atoms with Crippen LogP contribution in [0.5, 0.6) is 0 Å². The minimum Gasteiger partial charge on any atom is -0.301 e. The van der Waals surface area contributed by atoms with E-state index in [1.807, 2.05) is 55.5 Å². The van der Waals surface area contributed by atoms with Gasteiger partial charge in [-0.05, 0) is 36.6 Å². The maximum Gasteiger partial charge on any atom is 0.343 e. The van der Waals surface area contributed by atoms with Crippen molar-refractivity contribution in [3.63, 3.8) is 0 Å². The first-order valence-corrected chi connectivity index (χ1v) is 10.9. The van der Waals surface area contributed by atoms with Crippen molar-refractivity contribution in [1.82, 2.24) is 19.7 Å². The van der Waals surface area contributed by atoms with Gasteiger partial charge < -0.3 is 5.32 Å². The van der Waals surface area contributed by atoms with E-state index < -0.39 is 0 Å². The summed E-state index contributed by atoms with van der Waals surface area (Å²) in [5, 5.41) is 10.4. The summed E-state index contributed by atoms with van der Waals surface area (Å²) in [5.74, 6) is -0.0410. The summed E-state index contributed by atoms with van der Waals surface area (Å²) in [7, 11) is 0. The highest BCUT2D eigenvalue weighted by atomic mass is 32.2. The van der Waals surface area contributed by atoms with Gasteiger partial charge >= 0.3 is 5.69 Å². The number of aryl methyl sites for hydroxylation is 2. The predicted octanol–water partition coefficient (Wildman–Crippen LogP) is 3.46. The largest absolute Gasteiger partial charge is 0.343 e. The summed E-state index contributed by atoms with van der Waals surface area (Å²) in [6, 6.07) is 15.9. The standard InChI is InChI=1S/C20H19N5O2S2/c1-13-7-8-15-16(11-13)29-18(21-15)22-17(26)12-28-20-24-23-19(27)25(20)10-9-14-5-3-2-4-6-14/h2-8,11H,9-10,12H2,1H3,(H,23,27)(H,21,22,26). The predicted molar refractivity (Wildman–Crippen MR) is 117 cm³/mol. The van der Waals surface area contributed by atoms with Gasteiger partial charge in [-0.15, -0.1) is 5.10 Å². The Hall–Kier alpha value is -2.91. The zero-order chi connectivity index (χ0) is 20.2. The highest BCUT2D eigenvalue weighted by Gasteiger charge is 2.13. The Morgan fingerprint density at radius 1 is 1.24 bits per heavy atom. The van der Waals surface area contributed by atoms with E-state index in [2.05, 4.69) is 20.5 Å². The van der Waals surface area contributed by atoms with Crippen LogP contribution in [-0.2, 0) is 17.8 Å². The number of amides is 1. The molecule has 0 bridgehead atoms. The van der Waals surface area contributed by atoms with Gasteiger partial charge in [-0.3, -0.25) is 9.36 Å². The smallest absolute Gasteiger partial charge is 0.301 e. The second kappa shape index (κ2) is 8.62. The van der Waals surface area contributed by atoms with Crippen LogP contribution in [0.2, 0.25) is 0 Å². The minimum absolute atomic E-state index is 0.143. The van der Waals surface area contributed by atoms with Crippen LogP contribution in [0.25, 0.3) is 10.2 Å². The van der Waals surface area contributed by atoms with Crippen LogP contribution in [0.15, 0.2) is 58.5 Å². The van der Waals surface area contributed by atoms with Gasteiger partial charge in [-0.1, -0.05) is 59.5 Å². The molecule has 0 radical (unpaired) electrons. The number of H-pyrrole nitrogens is 1. The lowest BCUT2D eigenvalue weighted by molar-refractivity contribution is -0.113. The molecule has 0 atom stereocenters. The Morgan fingerprint density at radius 2 is 2.07 bits per heavy atom. The Morgan fingerprint density at radius 3 is 2.90 bits per heavy atom. The van der Waals surface area contributed by atoms with Gasteiger partial charge in [-0.25, -0.2) is 14.9 Å². The maximum absolute atomic E-state index is 12.3. The van der Waals surface area contributed by atoms with Crippen LogP contribution in [0.4, 0.5) is 5.13 Å². The molecule has 0 aliphatic heterocycles. The molecule has 0 saturated heterocycles. The molecular formula is C20H19N5O2S2. The summed E-state index contributed by atoms with van der Waals surface area (Å²) in [6.07, 6.45) is 0.713. The van der Waals surface area contributed by atoms with E-state index in [0.29, 0.717) is 23.3 Å². The van der Waals surface area contributed by atoms with Crippen molar-refractivity contribution in [2.75, 3.05) is 11.1 Å². The molecule has 0 fully saturated rings. The van der Waals surface area contributed by atoms with Crippen molar-refractivity contribution in [3.05, 3.63) is 70.1 Å². The number of carbonyl (C=O) groups excluding carboxylic acids is 1. The van der Waals surface area contributed by atoms with Gasteiger partial charge in [0.05, 0.1) is 16.0 Å². The number of hydrogen-bond donors (Lipinski definition) is 2. The number of aromatic amines is 1. The van der Waals surface area contributed by atoms with Gasteiger partial charge in [0.1, 0.15) is 0 Å². The second-order valence-corrected chi connectivity index (χ2v) is 8.50. The summed E-state index contributed by atoms with van der Waals surface area (Å²) in [6.45, 7) is 2.52. The van der Waals surface area contributed by atoms with E-state index in [9.17, 15) is 9.59 Å². The van der Waals surface area contributed by atoms with Gasteiger partial charge in [0.25, 0.3) is 0 Å². The molecule has 0 saturated carbocycles. The number of nitrogens with one attached hydrogen (secondary N) is 2. The first-order chi connectivity index (χ1) is 14.1. The SMILES string of the molecule is Cc1ccc2nc(NC(=O)CSc3n[nH]c(=O)n3CCc3ccccc3)sc2c1. The number of fused-ring (bicyclic) bond motifs is 1. The second-order valence-electron chi connectivity index (χ2n) is 6.53. The molecule has 29 heavy (non-hydrogen) atoms. The molecule has 4 aromatic rings. The van der Waals surface area contributed by atoms with Crippen molar-refractivity contribution in [2.24, 2.45) is 0 Å². The third-order valence-corrected chi connectivity index (χ3v) is 6.22. The molecule has 148 valence electrons. The quantitative estimate of drug-likeness (QED) is 0.442. The molecule has 0 spiro atoms. The molecular weight excluding hydrogens is 406 g/mol. The number of rotatable bonds is 7. The highest BCUT2D eigenvalue weighted by Crippen LogP contribution is 2.27. The van der Waals surface area contributed by atoms with Gasteiger partial charge in [0.15, 0.2) is 10.3 Å². The molecule has 7 nitrogen and oxygen atoms in total. The number of benzene rings is 2. The van der Waals surface area contributed by atoms with E-state index in [1.54, 1.807) is 4.57 Å². The fourth-order valence-corrected chi connectivity index (χ4v) is 4.62. The van der Waals surface area contributed by atoms with Crippen LogP contribution < -0.4 is 11.0 Å². The third kappa shape index (κ3) is 4.75. The highest BCUT2D eigenvalue weighted by molar-refractivity contribution is 7.99. The molecule has 0 unspecified atom stereocenters. The lowest BCUT2D eigenvalue weighted by atomic mass is 10.1. The molecule has 2 N–H and O–H groups in total. The fraction of sp³-hybridized carbons (Fsp3) is 0.200. The molecule has 2 aromatic heterocycles. The average molecular weight is 426 g/mol.